The Morgan fingerprint density at radius 3 is 2.90 bits per heavy atom. The van der Waals surface area contributed by atoms with Gasteiger partial charge in [0.1, 0.15) is 11.8 Å². The zero-order chi connectivity index (χ0) is 14.5. The van der Waals surface area contributed by atoms with Crippen molar-refractivity contribution in [3.8, 4) is 5.75 Å². The van der Waals surface area contributed by atoms with Crippen LogP contribution in [0, 0.1) is 0 Å². The third-order valence-electron chi connectivity index (χ3n) is 3.47. The second-order valence-electron chi connectivity index (χ2n) is 4.89. The van der Waals surface area contributed by atoms with E-state index in [-0.39, 0.29) is 11.8 Å². The van der Waals surface area contributed by atoms with Crippen LogP contribution in [0.1, 0.15) is 25.3 Å². The molecule has 0 aliphatic carbocycles. The first-order chi connectivity index (χ1) is 9.63. The Bertz CT molecular complexity index is 502. The van der Waals surface area contributed by atoms with Crippen LogP contribution < -0.4 is 10.1 Å². The monoisotopic (exact) mass is 276 g/mol. The Morgan fingerprint density at radius 1 is 1.40 bits per heavy atom. The van der Waals surface area contributed by atoms with Gasteiger partial charge < -0.3 is 15.0 Å². The molecule has 0 radical (unpaired) electrons. The third-order valence-corrected chi connectivity index (χ3v) is 3.47. The largest absolute Gasteiger partial charge is 0.497 e. The van der Waals surface area contributed by atoms with Crippen molar-refractivity contribution in [2.24, 2.45) is 0 Å². The van der Waals surface area contributed by atoms with E-state index >= 15 is 0 Å². The lowest BCUT2D eigenvalue weighted by Gasteiger charge is -2.23. The number of ether oxygens (including phenoxy) is 1. The van der Waals surface area contributed by atoms with Crippen LogP contribution in [0.25, 0.3) is 0 Å². The normalized spacial score (nSPS) is 19.5. The van der Waals surface area contributed by atoms with E-state index in [1.165, 1.54) is 0 Å². The van der Waals surface area contributed by atoms with Gasteiger partial charge in [-0.3, -0.25) is 9.59 Å². The molecule has 1 aliphatic heterocycles. The van der Waals surface area contributed by atoms with Crippen LogP contribution in [-0.2, 0) is 16.1 Å². The molecule has 0 bridgehead atoms. The van der Waals surface area contributed by atoms with E-state index in [2.05, 4.69) is 5.32 Å². The zero-order valence-corrected chi connectivity index (χ0v) is 11.9. The van der Waals surface area contributed by atoms with Gasteiger partial charge in [0.2, 0.25) is 11.8 Å². The topological polar surface area (TPSA) is 58.6 Å². The molecule has 1 N–H and O–H groups in total. The second kappa shape index (κ2) is 6.41. The standard InChI is InChI=1S/C15H20N2O3/c1-3-13-15(19)17(8-7-14(18)16-13)10-11-5-4-6-12(9-11)20-2/h4-6,9,13H,3,7-8,10H2,1-2H3,(H,16,18). The fourth-order valence-electron chi connectivity index (χ4n) is 2.32. The van der Waals surface area contributed by atoms with Crippen LogP contribution >= 0.6 is 0 Å². The summed E-state index contributed by atoms with van der Waals surface area (Å²) < 4.78 is 5.18. The highest BCUT2D eigenvalue weighted by molar-refractivity contribution is 5.89. The summed E-state index contributed by atoms with van der Waals surface area (Å²) in [6.45, 7) is 2.86. The lowest BCUT2D eigenvalue weighted by molar-refractivity contribution is -0.134. The van der Waals surface area contributed by atoms with Gasteiger partial charge in [-0.2, -0.15) is 0 Å². The molecular weight excluding hydrogens is 256 g/mol. The van der Waals surface area contributed by atoms with Crippen molar-refractivity contribution in [3.63, 3.8) is 0 Å². The molecule has 2 rings (SSSR count). The Labute approximate surface area is 118 Å². The smallest absolute Gasteiger partial charge is 0.245 e. The van der Waals surface area contributed by atoms with E-state index in [1.807, 2.05) is 31.2 Å². The van der Waals surface area contributed by atoms with Crippen molar-refractivity contribution >= 4 is 11.8 Å². The number of carbonyl (C=O) groups is 2. The van der Waals surface area contributed by atoms with Gasteiger partial charge in [0.25, 0.3) is 0 Å². The Kier molecular flexibility index (Phi) is 4.61. The number of amides is 2. The summed E-state index contributed by atoms with van der Waals surface area (Å²) in [7, 11) is 1.62. The molecule has 1 heterocycles. The lowest BCUT2D eigenvalue weighted by Crippen LogP contribution is -2.43. The van der Waals surface area contributed by atoms with E-state index < -0.39 is 6.04 Å². The molecule has 108 valence electrons. The highest BCUT2D eigenvalue weighted by atomic mass is 16.5. The minimum Gasteiger partial charge on any atom is -0.497 e. The van der Waals surface area contributed by atoms with Crippen LogP contribution in [-0.4, -0.2) is 36.4 Å². The highest BCUT2D eigenvalue weighted by Gasteiger charge is 2.28. The van der Waals surface area contributed by atoms with Gasteiger partial charge in [0, 0.05) is 19.5 Å². The van der Waals surface area contributed by atoms with Gasteiger partial charge >= 0.3 is 0 Å². The zero-order valence-electron chi connectivity index (χ0n) is 11.9. The van der Waals surface area contributed by atoms with Gasteiger partial charge in [-0.05, 0) is 24.1 Å². The summed E-state index contributed by atoms with van der Waals surface area (Å²) >= 11 is 0. The van der Waals surface area contributed by atoms with E-state index in [1.54, 1.807) is 12.0 Å². The molecule has 1 aromatic carbocycles. The molecule has 1 aromatic rings. The summed E-state index contributed by atoms with van der Waals surface area (Å²) in [6, 6.07) is 7.23. The summed E-state index contributed by atoms with van der Waals surface area (Å²) in [6.07, 6.45) is 0.964. The van der Waals surface area contributed by atoms with Crippen molar-refractivity contribution in [2.75, 3.05) is 13.7 Å². The first-order valence-electron chi connectivity index (χ1n) is 6.85. The molecule has 1 saturated heterocycles. The van der Waals surface area contributed by atoms with Crippen molar-refractivity contribution < 1.29 is 14.3 Å². The molecule has 0 saturated carbocycles. The van der Waals surface area contributed by atoms with Crippen molar-refractivity contribution in [3.05, 3.63) is 29.8 Å². The van der Waals surface area contributed by atoms with Crippen molar-refractivity contribution in [2.45, 2.75) is 32.4 Å². The van der Waals surface area contributed by atoms with E-state index in [4.69, 9.17) is 4.74 Å². The SMILES string of the molecule is CCC1NC(=O)CCN(Cc2cccc(OC)c2)C1=O. The maximum Gasteiger partial charge on any atom is 0.245 e. The van der Waals surface area contributed by atoms with Gasteiger partial charge in [-0.25, -0.2) is 0 Å². The van der Waals surface area contributed by atoms with Gasteiger partial charge in [0.15, 0.2) is 0 Å². The maximum absolute atomic E-state index is 12.4. The van der Waals surface area contributed by atoms with Gasteiger partial charge in [-0.15, -0.1) is 0 Å². The first kappa shape index (κ1) is 14.4. The molecule has 5 heteroatoms. The summed E-state index contributed by atoms with van der Waals surface area (Å²) in [5.41, 5.74) is 1.00. The Morgan fingerprint density at radius 2 is 2.20 bits per heavy atom. The summed E-state index contributed by atoms with van der Waals surface area (Å²) in [5, 5.41) is 2.76. The number of benzene rings is 1. The molecule has 1 unspecified atom stereocenters. The molecule has 0 spiro atoms. The van der Waals surface area contributed by atoms with Crippen LogP contribution in [0.3, 0.4) is 0 Å². The molecule has 1 aliphatic rings. The Balaban J connectivity index is 2.13. The van der Waals surface area contributed by atoms with Crippen LogP contribution in [0.5, 0.6) is 5.75 Å². The van der Waals surface area contributed by atoms with E-state index in [0.29, 0.717) is 25.9 Å². The number of rotatable bonds is 4. The number of hydrogen-bond acceptors (Lipinski definition) is 3. The molecular formula is C15H20N2O3. The van der Waals surface area contributed by atoms with Crippen LogP contribution in [0.2, 0.25) is 0 Å². The maximum atomic E-state index is 12.4. The van der Waals surface area contributed by atoms with Gasteiger partial charge in [-0.1, -0.05) is 19.1 Å². The molecule has 0 aromatic heterocycles. The predicted octanol–water partition coefficient (Wildman–Crippen LogP) is 1.32. The van der Waals surface area contributed by atoms with E-state index in [9.17, 15) is 9.59 Å². The predicted molar refractivity (Wildman–Crippen MR) is 75.2 cm³/mol. The van der Waals surface area contributed by atoms with Gasteiger partial charge in [0.05, 0.1) is 7.11 Å². The lowest BCUT2D eigenvalue weighted by atomic mass is 10.1. The molecule has 1 fully saturated rings. The average Bonchev–Trinajstić information content (AvgIpc) is 2.60. The summed E-state index contributed by atoms with van der Waals surface area (Å²) in [4.78, 5) is 25.7. The molecule has 5 nitrogen and oxygen atoms in total. The second-order valence-corrected chi connectivity index (χ2v) is 4.89. The van der Waals surface area contributed by atoms with Crippen LogP contribution in [0.15, 0.2) is 24.3 Å². The minimum absolute atomic E-state index is 0.0128. The number of nitrogens with one attached hydrogen (secondary N) is 1. The van der Waals surface area contributed by atoms with Crippen molar-refractivity contribution in [1.82, 2.24) is 10.2 Å². The average molecular weight is 276 g/mol. The van der Waals surface area contributed by atoms with Crippen molar-refractivity contribution in [1.29, 1.82) is 0 Å². The number of methoxy groups -OCH3 is 1. The number of nitrogens with zero attached hydrogens (tertiary/aromatic N) is 1. The fourth-order valence-corrected chi connectivity index (χ4v) is 2.32. The number of carbonyl (C=O) groups excluding carboxylic acids is 2. The molecule has 20 heavy (non-hydrogen) atoms. The fraction of sp³-hybridized carbons (Fsp3) is 0.467. The summed E-state index contributed by atoms with van der Waals surface area (Å²) in [5.74, 6) is 0.700. The molecule has 2 amide bonds. The quantitative estimate of drug-likeness (QED) is 0.902. The number of hydrogen-bond donors (Lipinski definition) is 1. The van der Waals surface area contributed by atoms with Crippen LogP contribution in [0.4, 0.5) is 0 Å². The van der Waals surface area contributed by atoms with E-state index in [0.717, 1.165) is 11.3 Å². The molecule has 1 atom stereocenters. The Hall–Kier alpha value is -2.04. The third kappa shape index (κ3) is 3.29. The minimum atomic E-state index is -0.407. The highest BCUT2D eigenvalue weighted by Crippen LogP contribution is 2.16. The first-order valence-corrected chi connectivity index (χ1v) is 6.85.